The summed E-state index contributed by atoms with van der Waals surface area (Å²) in [6.07, 6.45) is 3.19. The summed E-state index contributed by atoms with van der Waals surface area (Å²) < 4.78 is 1.39. The molecule has 0 saturated heterocycles. The van der Waals surface area contributed by atoms with Gasteiger partial charge in [0.05, 0.1) is 5.69 Å². The van der Waals surface area contributed by atoms with Crippen molar-refractivity contribution >= 4 is 5.97 Å². The zero-order valence-electron chi connectivity index (χ0n) is 8.82. The summed E-state index contributed by atoms with van der Waals surface area (Å²) in [5.41, 5.74) is 5.70. The van der Waals surface area contributed by atoms with Crippen molar-refractivity contribution in [2.45, 2.75) is 13.1 Å². The molecule has 0 bridgehead atoms. The predicted molar refractivity (Wildman–Crippen MR) is 56.0 cm³/mol. The second-order valence-corrected chi connectivity index (χ2v) is 3.22. The Morgan fingerprint density at radius 1 is 1.41 bits per heavy atom. The Morgan fingerprint density at radius 2 is 2.12 bits per heavy atom. The van der Waals surface area contributed by atoms with Crippen LogP contribution in [0.2, 0.25) is 0 Å². The largest absolute Gasteiger partial charge is 0.476 e. The molecule has 2 heterocycles. The van der Waals surface area contributed by atoms with Crippen molar-refractivity contribution < 1.29 is 9.90 Å². The lowest BCUT2D eigenvalue weighted by atomic mass is 10.3. The third kappa shape index (κ3) is 2.26. The number of aromatic nitrogens is 5. The Balaban J connectivity index is 2.31. The summed E-state index contributed by atoms with van der Waals surface area (Å²) in [6, 6.07) is 1.69. The van der Waals surface area contributed by atoms with Gasteiger partial charge >= 0.3 is 5.97 Å². The van der Waals surface area contributed by atoms with Crippen molar-refractivity contribution in [2.75, 3.05) is 0 Å². The number of hydrogen-bond acceptors (Lipinski definition) is 6. The van der Waals surface area contributed by atoms with Gasteiger partial charge in [-0.3, -0.25) is 0 Å². The Bertz CT molecular complexity index is 524. The van der Waals surface area contributed by atoms with Crippen molar-refractivity contribution in [1.82, 2.24) is 25.0 Å². The molecule has 2 aromatic heterocycles. The van der Waals surface area contributed by atoms with Crippen molar-refractivity contribution in [3.8, 4) is 0 Å². The fourth-order valence-corrected chi connectivity index (χ4v) is 1.37. The van der Waals surface area contributed by atoms with Gasteiger partial charge in [0.2, 0.25) is 0 Å². The van der Waals surface area contributed by atoms with Gasteiger partial charge < -0.3 is 10.8 Å². The Morgan fingerprint density at radius 3 is 2.71 bits per heavy atom. The smallest absolute Gasteiger partial charge is 0.358 e. The van der Waals surface area contributed by atoms with Gasteiger partial charge in [-0.1, -0.05) is 5.21 Å². The van der Waals surface area contributed by atoms with E-state index in [0.717, 1.165) is 0 Å². The van der Waals surface area contributed by atoms with Crippen LogP contribution >= 0.6 is 0 Å². The van der Waals surface area contributed by atoms with E-state index >= 15 is 0 Å². The quantitative estimate of drug-likeness (QED) is 0.715. The minimum absolute atomic E-state index is 0.0431. The van der Waals surface area contributed by atoms with Crippen LogP contribution in [-0.2, 0) is 13.1 Å². The summed E-state index contributed by atoms with van der Waals surface area (Å²) in [6.45, 7) is 0.287. The van der Waals surface area contributed by atoms with Crippen LogP contribution in [0.3, 0.4) is 0 Å². The van der Waals surface area contributed by atoms with E-state index in [4.69, 9.17) is 10.8 Å². The topological polar surface area (TPSA) is 120 Å². The van der Waals surface area contributed by atoms with Crippen molar-refractivity contribution in [2.24, 2.45) is 5.73 Å². The Hall–Kier alpha value is -2.35. The van der Waals surface area contributed by atoms with Crippen LogP contribution in [-0.4, -0.2) is 36.0 Å². The average Bonchev–Trinajstić information content (AvgIpc) is 2.73. The number of rotatable bonds is 4. The van der Waals surface area contributed by atoms with E-state index in [2.05, 4.69) is 20.3 Å². The number of aromatic carboxylic acids is 1. The predicted octanol–water partition coefficient (Wildman–Crippen LogP) is -0.727. The molecule has 0 fully saturated rings. The molecule has 0 unspecified atom stereocenters. The summed E-state index contributed by atoms with van der Waals surface area (Å²) in [5.74, 6) is -0.630. The standard InChI is InChI=1S/C9H10N6O2/c10-4-6-8(9(16)17)13-14-15(6)5-7-11-2-1-3-12-7/h1-3H,4-5,10H2,(H,16,17). The SMILES string of the molecule is NCc1c(C(=O)O)nnn1Cc1ncccn1. The lowest BCUT2D eigenvalue weighted by Gasteiger charge is -2.03. The molecule has 88 valence electrons. The summed E-state index contributed by atoms with van der Waals surface area (Å²) in [7, 11) is 0. The molecule has 0 spiro atoms. The molecule has 8 nitrogen and oxygen atoms in total. The fraction of sp³-hybridized carbons (Fsp3) is 0.222. The molecule has 0 saturated carbocycles. The highest BCUT2D eigenvalue weighted by Gasteiger charge is 2.17. The highest BCUT2D eigenvalue weighted by Crippen LogP contribution is 2.06. The number of carboxylic acids is 1. The van der Waals surface area contributed by atoms with Crippen LogP contribution in [0.4, 0.5) is 0 Å². The van der Waals surface area contributed by atoms with Crippen molar-refractivity contribution in [3.05, 3.63) is 35.7 Å². The monoisotopic (exact) mass is 234 g/mol. The molecule has 2 rings (SSSR count). The lowest BCUT2D eigenvalue weighted by molar-refractivity contribution is 0.0689. The van der Waals surface area contributed by atoms with Gasteiger partial charge in [-0.2, -0.15) is 0 Å². The van der Waals surface area contributed by atoms with Gasteiger partial charge in [-0.15, -0.1) is 5.10 Å². The van der Waals surface area contributed by atoms with E-state index < -0.39 is 5.97 Å². The minimum atomic E-state index is -1.15. The van der Waals surface area contributed by atoms with Crippen LogP contribution in [0.1, 0.15) is 22.0 Å². The minimum Gasteiger partial charge on any atom is -0.476 e. The fourth-order valence-electron chi connectivity index (χ4n) is 1.37. The van der Waals surface area contributed by atoms with Crippen LogP contribution < -0.4 is 5.73 Å². The molecule has 0 aliphatic rings. The second-order valence-electron chi connectivity index (χ2n) is 3.22. The molecule has 17 heavy (non-hydrogen) atoms. The molecule has 3 N–H and O–H groups in total. The zero-order valence-corrected chi connectivity index (χ0v) is 8.82. The average molecular weight is 234 g/mol. The van der Waals surface area contributed by atoms with E-state index in [9.17, 15) is 4.79 Å². The maximum absolute atomic E-state index is 10.8. The van der Waals surface area contributed by atoms with Gasteiger partial charge in [0.1, 0.15) is 12.4 Å². The van der Waals surface area contributed by atoms with Crippen LogP contribution in [0.25, 0.3) is 0 Å². The molecule has 0 aliphatic carbocycles. The molecule has 0 aliphatic heterocycles. The van der Waals surface area contributed by atoms with Gasteiger partial charge in [0, 0.05) is 18.9 Å². The van der Waals surface area contributed by atoms with Crippen LogP contribution in [0.5, 0.6) is 0 Å². The van der Waals surface area contributed by atoms with Gasteiger partial charge in [-0.25, -0.2) is 19.4 Å². The molecule has 0 amide bonds. The summed E-state index contributed by atoms with van der Waals surface area (Å²) in [5, 5.41) is 16.2. The highest BCUT2D eigenvalue weighted by molar-refractivity contribution is 5.86. The maximum atomic E-state index is 10.8. The van der Waals surface area contributed by atoms with Gasteiger partial charge in [0.15, 0.2) is 5.69 Å². The van der Waals surface area contributed by atoms with Crippen molar-refractivity contribution in [3.63, 3.8) is 0 Å². The third-order valence-corrected chi connectivity index (χ3v) is 2.14. The van der Waals surface area contributed by atoms with E-state index in [-0.39, 0.29) is 18.8 Å². The molecule has 2 aromatic rings. The third-order valence-electron chi connectivity index (χ3n) is 2.14. The first kappa shape index (κ1) is 11.1. The molecule has 0 aromatic carbocycles. The number of carbonyl (C=O) groups is 1. The highest BCUT2D eigenvalue weighted by atomic mass is 16.4. The Kier molecular flexibility index (Phi) is 3.06. The number of nitrogens with two attached hydrogens (primary N) is 1. The molecular formula is C9H10N6O2. The molecule has 0 atom stereocenters. The lowest BCUT2D eigenvalue weighted by Crippen LogP contribution is -2.14. The molecule has 8 heteroatoms. The van der Waals surface area contributed by atoms with Gasteiger partial charge in [-0.05, 0) is 6.07 Å². The van der Waals surface area contributed by atoms with Gasteiger partial charge in [0.25, 0.3) is 0 Å². The van der Waals surface area contributed by atoms with E-state index in [1.807, 2.05) is 0 Å². The maximum Gasteiger partial charge on any atom is 0.358 e. The van der Waals surface area contributed by atoms with E-state index in [1.54, 1.807) is 18.5 Å². The zero-order chi connectivity index (χ0) is 12.3. The number of hydrogen-bond donors (Lipinski definition) is 2. The van der Waals surface area contributed by atoms with Crippen LogP contribution in [0, 0.1) is 0 Å². The normalized spacial score (nSPS) is 10.4. The number of nitrogens with zero attached hydrogens (tertiary/aromatic N) is 5. The molecule has 0 radical (unpaired) electrons. The summed E-state index contributed by atoms with van der Waals surface area (Å²) in [4.78, 5) is 18.9. The second kappa shape index (κ2) is 4.66. The molecular weight excluding hydrogens is 224 g/mol. The van der Waals surface area contributed by atoms with E-state index in [0.29, 0.717) is 11.5 Å². The number of carboxylic acid groups (broad SMARTS) is 1. The summed E-state index contributed by atoms with van der Waals surface area (Å²) >= 11 is 0. The first-order valence-electron chi connectivity index (χ1n) is 4.84. The van der Waals surface area contributed by atoms with Crippen molar-refractivity contribution in [1.29, 1.82) is 0 Å². The van der Waals surface area contributed by atoms with E-state index in [1.165, 1.54) is 4.68 Å². The van der Waals surface area contributed by atoms with Crippen LogP contribution in [0.15, 0.2) is 18.5 Å². The Labute approximate surface area is 96.1 Å². The first-order valence-corrected chi connectivity index (χ1v) is 4.84. The first-order chi connectivity index (χ1) is 8.22.